The molecule has 0 unspecified atom stereocenters. The van der Waals surface area contributed by atoms with Crippen molar-refractivity contribution in [2.75, 3.05) is 19.5 Å². The number of hydrogen-bond acceptors (Lipinski definition) is 7. The lowest BCUT2D eigenvalue weighted by molar-refractivity contribution is 0.419. The van der Waals surface area contributed by atoms with Crippen LogP contribution in [0.4, 0.5) is 5.82 Å². The third-order valence-electron chi connectivity index (χ3n) is 4.36. The average molecular weight is 368 g/mol. The summed E-state index contributed by atoms with van der Waals surface area (Å²) in [7, 11) is 3.42. The number of aromatic nitrogens is 4. The number of methoxy groups -OCH3 is 1. The predicted molar refractivity (Wildman–Crippen MR) is 107 cm³/mol. The lowest BCUT2D eigenvalue weighted by Gasteiger charge is -2.13. The van der Waals surface area contributed by atoms with Crippen molar-refractivity contribution in [3.8, 4) is 34.5 Å². The van der Waals surface area contributed by atoms with Gasteiger partial charge in [0.2, 0.25) is 0 Å². The molecule has 0 aliphatic rings. The summed E-state index contributed by atoms with van der Waals surface area (Å²) in [5.41, 5.74) is 3.80. The molecule has 4 rings (SSSR count). The van der Waals surface area contributed by atoms with E-state index in [1.807, 2.05) is 31.3 Å². The summed E-state index contributed by atoms with van der Waals surface area (Å²) in [6, 6.07) is 13.5. The average Bonchev–Trinajstić information content (AvgIpc) is 2.78. The zero-order valence-corrected chi connectivity index (χ0v) is 15.3. The zero-order chi connectivity index (χ0) is 19.5. The highest BCUT2D eigenvalue weighted by Gasteiger charge is 2.15. The van der Waals surface area contributed by atoms with E-state index in [0.717, 1.165) is 16.5 Å². The number of nitrogens with zero attached hydrogens (tertiary/aromatic N) is 5. The van der Waals surface area contributed by atoms with E-state index in [1.165, 1.54) is 0 Å². The van der Waals surface area contributed by atoms with Crippen LogP contribution in [0.3, 0.4) is 0 Å². The second kappa shape index (κ2) is 7.29. The van der Waals surface area contributed by atoms with Crippen LogP contribution in [-0.2, 0) is 0 Å². The van der Waals surface area contributed by atoms with E-state index in [2.05, 4.69) is 31.3 Å². The monoisotopic (exact) mass is 368 g/mol. The first-order valence-corrected chi connectivity index (χ1v) is 8.58. The van der Waals surface area contributed by atoms with Gasteiger partial charge in [-0.3, -0.25) is 4.98 Å². The van der Waals surface area contributed by atoms with Crippen molar-refractivity contribution >= 4 is 16.7 Å². The molecule has 0 saturated carbocycles. The fourth-order valence-corrected chi connectivity index (χ4v) is 2.98. The van der Waals surface area contributed by atoms with Crippen molar-refractivity contribution < 1.29 is 4.74 Å². The first kappa shape index (κ1) is 17.4. The van der Waals surface area contributed by atoms with Crippen LogP contribution in [0, 0.1) is 11.3 Å². The van der Waals surface area contributed by atoms with Crippen molar-refractivity contribution in [1.82, 2.24) is 19.9 Å². The number of fused-ring (bicyclic) bond motifs is 1. The molecule has 7 heteroatoms. The maximum atomic E-state index is 9.01. The highest BCUT2D eigenvalue weighted by molar-refractivity contribution is 5.97. The molecule has 4 aromatic rings. The Hall–Kier alpha value is -4.05. The molecule has 0 aliphatic heterocycles. The summed E-state index contributed by atoms with van der Waals surface area (Å²) in [5.74, 6) is 1.76. The van der Waals surface area contributed by atoms with Gasteiger partial charge in [-0.15, -0.1) is 0 Å². The Morgan fingerprint density at radius 3 is 2.50 bits per heavy atom. The van der Waals surface area contributed by atoms with E-state index in [0.29, 0.717) is 34.2 Å². The van der Waals surface area contributed by atoms with Crippen molar-refractivity contribution in [1.29, 1.82) is 5.26 Å². The van der Waals surface area contributed by atoms with Gasteiger partial charge < -0.3 is 10.1 Å². The summed E-state index contributed by atoms with van der Waals surface area (Å²) < 4.78 is 5.62. The molecular weight excluding hydrogens is 352 g/mol. The quantitative estimate of drug-likeness (QED) is 0.587. The summed E-state index contributed by atoms with van der Waals surface area (Å²) >= 11 is 0. The predicted octanol–water partition coefficient (Wildman–Crippen LogP) is 3.68. The Morgan fingerprint density at radius 2 is 1.86 bits per heavy atom. The number of nitriles is 1. The number of rotatable bonds is 4. The lowest BCUT2D eigenvalue weighted by Crippen LogP contribution is -2.01. The first-order chi connectivity index (χ1) is 13.7. The summed E-state index contributed by atoms with van der Waals surface area (Å²) in [6.07, 6.45) is 4.83. The minimum atomic E-state index is 0.467. The van der Waals surface area contributed by atoms with Crippen LogP contribution in [0.15, 0.2) is 55.0 Å². The van der Waals surface area contributed by atoms with E-state index >= 15 is 0 Å². The highest BCUT2D eigenvalue weighted by Crippen LogP contribution is 2.35. The molecule has 2 aromatic heterocycles. The number of benzene rings is 2. The van der Waals surface area contributed by atoms with Crippen LogP contribution in [0.25, 0.3) is 33.5 Å². The van der Waals surface area contributed by atoms with E-state index in [-0.39, 0.29) is 0 Å². The largest absolute Gasteiger partial charge is 0.494 e. The number of hydrogen-bond donors (Lipinski definition) is 1. The maximum absolute atomic E-state index is 9.01. The Bertz CT molecular complexity index is 1180. The van der Waals surface area contributed by atoms with Crippen LogP contribution in [-0.4, -0.2) is 34.1 Å². The van der Waals surface area contributed by atoms with Crippen LogP contribution in [0.1, 0.15) is 5.56 Å². The van der Waals surface area contributed by atoms with Gasteiger partial charge in [-0.2, -0.15) is 5.26 Å². The van der Waals surface area contributed by atoms with Gasteiger partial charge in [0.25, 0.3) is 0 Å². The van der Waals surface area contributed by atoms with Crippen LogP contribution in [0.5, 0.6) is 5.75 Å². The van der Waals surface area contributed by atoms with E-state index in [4.69, 9.17) is 10.00 Å². The van der Waals surface area contributed by atoms with Gasteiger partial charge in [0, 0.05) is 24.8 Å². The SMILES string of the molecule is CNc1nc(-c2cnccn2)nc2c(OC)cc(-c3ccc(C#N)cc3)cc12. The molecule has 0 aliphatic carbocycles. The fourth-order valence-electron chi connectivity index (χ4n) is 2.98. The molecule has 0 radical (unpaired) electrons. The fraction of sp³-hybridized carbons (Fsp3) is 0.0952. The summed E-state index contributed by atoms with van der Waals surface area (Å²) in [5, 5.41) is 13.0. The van der Waals surface area contributed by atoms with Crippen LogP contribution >= 0.6 is 0 Å². The second-order valence-corrected chi connectivity index (χ2v) is 6.00. The van der Waals surface area contributed by atoms with E-state index < -0.39 is 0 Å². The third kappa shape index (κ3) is 3.08. The minimum absolute atomic E-state index is 0.467. The number of ether oxygens (including phenoxy) is 1. The third-order valence-corrected chi connectivity index (χ3v) is 4.36. The van der Waals surface area contributed by atoms with Gasteiger partial charge in [0.1, 0.15) is 22.8 Å². The van der Waals surface area contributed by atoms with Gasteiger partial charge in [-0.05, 0) is 35.4 Å². The number of nitrogens with one attached hydrogen (secondary N) is 1. The second-order valence-electron chi connectivity index (χ2n) is 6.00. The molecule has 2 heterocycles. The van der Waals surface area contributed by atoms with Gasteiger partial charge in [-0.25, -0.2) is 15.0 Å². The van der Waals surface area contributed by atoms with Crippen molar-refractivity contribution in [2.24, 2.45) is 0 Å². The Labute approximate surface area is 161 Å². The standard InChI is InChI=1S/C21H16N6O/c1-23-20-16-9-15(14-5-3-13(11-22)4-6-14)10-18(28-2)19(16)26-21(27-20)17-12-24-7-8-25-17/h3-10,12H,1-2H3,(H,23,26,27). The van der Waals surface area contributed by atoms with Crippen LogP contribution < -0.4 is 10.1 Å². The molecule has 1 N–H and O–H groups in total. The first-order valence-electron chi connectivity index (χ1n) is 8.58. The smallest absolute Gasteiger partial charge is 0.182 e. The molecule has 0 atom stereocenters. The lowest BCUT2D eigenvalue weighted by atomic mass is 10.0. The summed E-state index contributed by atoms with van der Waals surface area (Å²) in [6.45, 7) is 0. The summed E-state index contributed by atoms with van der Waals surface area (Å²) in [4.78, 5) is 17.6. The molecule has 0 amide bonds. The molecular formula is C21H16N6O. The van der Waals surface area contributed by atoms with Gasteiger partial charge in [-0.1, -0.05) is 12.1 Å². The Morgan fingerprint density at radius 1 is 1.04 bits per heavy atom. The van der Waals surface area contributed by atoms with Gasteiger partial charge >= 0.3 is 0 Å². The molecule has 0 fully saturated rings. The molecule has 2 aromatic carbocycles. The van der Waals surface area contributed by atoms with E-state index in [9.17, 15) is 0 Å². The van der Waals surface area contributed by atoms with Gasteiger partial charge in [0.05, 0.1) is 24.9 Å². The van der Waals surface area contributed by atoms with Crippen molar-refractivity contribution in [3.05, 3.63) is 60.6 Å². The minimum Gasteiger partial charge on any atom is -0.494 e. The normalized spacial score (nSPS) is 10.5. The Balaban J connectivity index is 1.94. The zero-order valence-electron chi connectivity index (χ0n) is 15.3. The molecule has 7 nitrogen and oxygen atoms in total. The number of anilines is 1. The van der Waals surface area contributed by atoms with Gasteiger partial charge in [0.15, 0.2) is 5.82 Å². The Kier molecular flexibility index (Phi) is 4.52. The molecule has 136 valence electrons. The molecule has 0 saturated heterocycles. The highest BCUT2D eigenvalue weighted by atomic mass is 16.5. The topological polar surface area (TPSA) is 96.6 Å². The molecule has 28 heavy (non-hydrogen) atoms. The van der Waals surface area contributed by atoms with Crippen molar-refractivity contribution in [2.45, 2.75) is 0 Å². The molecule has 0 spiro atoms. The van der Waals surface area contributed by atoms with Crippen LogP contribution in [0.2, 0.25) is 0 Å². The van der Waals surface area contributed by atoms with E-state index in [1.54, 1.807) is 37.8 Å². The van der Waals surface area contributed by atoms with Crippen molar-refractivity contribution in [3.63, 3.8) is 0 Å². The molecule has 0 bridgehead atoms. The maximum Gasteiger partial charge on any atom is 0.182 e.